The number of amides is 1. The van der Waals surface area contributed by atoms with E-state index in [9.17, 15) is 4.79 Å². The fourth-order valence-corrected chi connectivity index (χ4v) is 2.59. The molecule has 1 amide bonds. The lowest BCUT2D eigenvalue weighted by atomic mass is 9.84. The highest BCUT2D eigenvalue weighted by molar-refractivity contribution is 6.42. The second kappa shape index (κ2) is 7.87. The molecule has 0 aliphatic heterocycles. The largest absolute Gasteiger partial charge is 0.347 e. The van der Waals surface area contributed by atoms with Crippen molar-refractivity contribution < 1.29 is 4.79 Å². The van der Waals surface area contributed by atoms with Crippen molar-refractivity contribution in [1.82, 2.24) is 5.32 Å². The zero-order valence-corrected chi connectivity index (χ0v) is 13.5. The van der Waals surface area contributed by atoms with Crippen LogP contribution in [0.1, 0.15) is 45.1 Å². The summed E-state index contributed by atoms with van der Waals surface area (Å²) in [7, 11) is 0. The average molecular weight is 317 g/mol. The van der Waals surface area contributed by atoms with Crippen LogP contribution >= 0.6 is 23.2 Å². The minimum absolute atomic E-state index is 0.0187. The Hall–Kier alpha value is -0.770. The van der Waals surface area contributed by atoms with Gasteiger partial charge in [0.1, 0.15) is 0 Å². The number of benzene rings is 1. The average Bonchev–Trinajstić information content (AvgIpc) is 2.45. The zero-order valence-electron chi connectivity index (χ0n) is 12.0. The van der Waals surface area contributed by atoms with Gasteiger partial charge in [0.05, 0.1) is 15.6 Å². The normalized spacial score (nSPS) is 11.4. The van der Waals surface area contributed by atoms with Crippen molar-refractivity contribution in [2.45, 2.75) is 45.1 Å². The summed E-state index contributed by atoms with van der Waals surface area (Å²) in [6.45, 7) is 4.62. The van der Waals surface area contributed by atoms with E-state index < -0.39 is 5.54 Å². The summed E-state index contributed by atoms with van der Waals surface area (Å²) in [6, 6.07) is 5.52. The molecule has 0 saturated carbocycles. The van der Waals surface area contributed by atoms with E-state index in [1.54, 1.807) is 6.07 Å². The second-order valence-electron chi connectivity index (χ2n) is 4.86. The van der Waals surface area contributed by atoms with E-state index in [1.807, 2.05) is 12.1 Å². The Morgan fingerprint density at radius 3 is 2.40 bits per heavy atom. The van der Waals surface area contributed by atoms with Gasteiger partial charge in [-0.2, -0.15) is 0 Å². The van der Waals surface area contributed by atoms with Gasteiger partial charge in [0.25, 0.3) is 0 Å². The van der Waals surface area contributed by atoms with Gasteiger partial charge >= 0.3 is 0 Å². The standard InChI is InChI=1S/C15H22Cl2N2O/c1-3-15(4-2,19-14(20)6-5-9-18)11-7-8-12(16)13(17)10-11/h7-8,10H,3-6,9,18H2,1-2H3,(H,19,20). The molecule has 0 bridgehead atoms. The molecular weight excluding hydrogens is 295 g/mol. The van der Waals surface area contributed by atoms with Crippen LogP contribution in [-0.2, 0) is 10.3 Å². The molecule has 0 fully saturated rings. The van der Waals surface area contributed by atoms with E-state index in [-0.39, 0.29) is 5.91 Å². The molecule has 3 N–H and O–H groups in total. The Morgan fingerprint density at radius 2 is 1.90 bits per heavy atom. The van der Waals surface area contributed by atoms with Crippen molar-refractivity contribution in [2.75, 3.05) is 6.54 Å². The Balaban J connectivity index is 3.01. The maximum Gasteiger partial charge on any atom is 0.220 e. The number of carbonyl (C=O) groups excluding carboxylic acids is 1. The summed E-state index contributed by atoms with van der Waals surface area (Å²) >= 11 is 12.1. The van der Waals surface area contributed by atoms with Crippen LogP contribution in [0.4, 0.5) is 0 Å². The molecule has 1 rings (SSSR count). The van der Waals surface area contributed by atoms with Crippen LogP contribution < -0.4 is 11.1 Å². The number of rotatable bonds is 7. The van der Waals surface area contributed by atoms with E-state index in [0.717, 1.165) is 18.4 Å². The van der Waals surface area contributed by atoms with Crippen LogP contribution in [0.5, 0.6) is 0 Å². The maximum absolute atomic E-state index is 12.0. The molecule has 0 aromatic heterocycles. The fourth-order valence-electron chi connectivity index (χ4n) is 2.29. The summed E-state index contributed by atoms with van der Waals surface area (Å²) < 4.78 is 0. The molecule has 0 unspecified atom stereocenters. The smallest absolute Gasteiger partial charge is 0.220 e. The topological polar surface area (TPSA) is 55.1 Å². The predicted molar refractivity (Wildman–Crippen MR) is 85.2 cm³/mol. The highest BCUT2D eigenvalue weighted by atomic mass is 35.5. The maximum atomic E-state index is 12.0. The first-order chi connectivity index (χ1) is 9.49. The summed E-state index contributed by atoms with van der Waals surface area (Å²) in [6.07, 6.45) is 2.71. The Morgan fingerprint density at radius 1 is 1.25 bits per heavy atom. The SMILES string of the molecule is CCC(CC)(NC(=O)CCCN)c1ccc(Cl)c(Cl)c1. The Bertz CT molecular complexity index is 459. The predicted octanol–water partition coefficient (Wildman–Crippen LogP) is 3.86. The molecule has 112 valence electrons. The summed E-state index contributed by atoms with van der Waals surface area (Å²) in [5.41, 5.74) is 6.02. The molecule has 0 atom stereocenters. The lowest BCUT2D eigenvalue weighted by Gasteiger charge is -2.34. The van der Waals surface area contributed by atoms with E-state index in [2.05, 4.69) is 19.2 Å². The van der Waals surface area contributed by atoms with Crippen LogP contribution in [0.2, 0.25) is 10.0 Å². The van der Waals surface area contributed by atoms with Crippen molar-refractivity contribution in [1.29, 1.82) is 0 Å². The van der Waals surface area contributed by atoms with Gasteiger partial charge in [0, 0.05) is 6.42 Å². The quantitative estimate of drug-likeness (QED) is 0.802. The number of hydrogen-bond acceptors (Lipinski definition) is 2. The summed E-state index contributed by atoms with van der Waals surface area (Å²) in [4.78, 5) is 12.0. The van der Waals surface area contributed by atoms with Crippen LogP contribution in [0.25, 0.3) is 0 Å². The van der Waals surface area contributed by atoms with Gasteiger partial charge in [0.15, 0.2) is 0 Å². The zero-order chi connectivity index (χ0) is 15.2. The number of hydrogen-bond donors (Lipinski definition) is 2. The molecule has 0 spiro atoms. The first kappa shape index (κ1) is 17.3. The van der Waals surface area contributed by atoms with Crippen LogP contribution in [0, 0.1) is 0 Å². The third-order valence-electron chi connectivity index (χ3n) is 3.67. The number of nitrogens with one attached hydrogen (secondary N) is 1. The van der Waals surface area contributed by atoms with Gasteiger partial charge < -0.3 is 11.1 Å². The molecule has 1 aromatic rings. The third-order valence-corrected chi connectivity index (χ3v) is 4.40. The highest BCUT2D eigenvalue weighted by Gasteiger charge is 2.30. The summed E-state index contributed by atoms with van der Waals surface area (Å²) in [5, 5.41) is 4.16. The minimum Gasteiger partial charge on any atom is -0.347 e. The molecule has 20 heavy (non-hydrogen) atoms. The Kier molecular flexibility index (Phi) is 6.80. The van der Waals surface area contributed by atoms with Gasteiger partial charge in [-0.3, -0.25) is 4.79 Å². The highest BCUT2D eigenvalue weighted by Crippen LogP contribution is 2.33. The van der Waals surface area contributed by atoms with Gasteiger partial charge in [-0.05, 0) is 43.5 Å². The van der Waals surface area contributed by atoms with Crippen LogP contribution in [-0.4, -0.2) is 12.5 Å². The number of nitrogens with two attached hydrogens (primary N) is 1. The van der Waals surface area contributed by atoms with Crippen molar-refractivity contribution in [3.8, 4) is 0 Å². The molecule has 0 aliphatic rings. The molecular formula is C15H22Cl2N2O. The molecule has 3 nitrogen and oxygen atoms in total. The van der Waals surface area contributed by atoms with E-state index in [0.29, 0.717) is 29.4 Å². The molecule has 0 heterocycles. The minimum atomic E-state index is -0.403. The van der Waals surface area contributed by atoms with Crippen molar-refractivity contribution in [3.63, 3.8) is 0 Å². The van der Waals surface area contributed by atoms with E-state index in [1.165, 1.54) is 0 Å². The fraction of sp³-hybridized carbons (Fsp3) is 0.533. The first-order valence-corrected chi connectivity index (χ1v) is 7.71. The molecule has 1 aromatic carbocycles. The van der Waals surface area contributed by atoms with Gasteiger partial charge in [-0.25, -0.2) is 0 Å². The molecule has 0 saturated heterocycles. The third kappa shape index (κ3) is 4.11. The van der Waals surface area contributed by atoms with E-state index in [4.69, 9.17) is 28.9 Å². The number of halogens is 2. The first-order valence-electron chi connectivity index (χ1n) is 6.95. The monoisotopic (exact) mass is 316 g/mol. The van der Waals surface area contributed by atoms with Crippen LogP contribution in [0.3, 0.4) is 0 Å². The van der Waals surface area contributed by atoms with Gasteiger partial charge in [-0.1, -0.05) is 43.1 Å². The Labute approximate surface area is 130 Å². The number of carbonyl (C=O) groups is 1. The lowest BCUT2D eigenvalue weighted by Crippen LogP contribution is -2.45. The van der Waals surface area contributed by atoms with Gasteiger partial charge in [0.2, 0.25) is 5.91 Å². The van der Waals surface area contributed by atoms with Crippen molar-refractivity contribution in [2.24, 2.45) is 5.73 Å². The van der Waals surface area contributed by atoms with E-state index >= 15 is 0 Å². The summed E-state index contributed by atoms with van der Waals surface area (Å²) in [5.74, 6) is 0.0187. The molecule has 0 aliphatic carbocycles. The van der Waals surface area contributed by atoms with Gasteiger partial charge in [-0.15, -0.1) is 0 Å². The lowest BCUT2D eigenvalue weighted by molar-refractivity contribution is -0.123. The van der Waals surface area contributed by atoms with Crippen molar-refractivity contribution >= 4 is 29.1 Å². The molecule has 0 radical (unpaired) electrons. The van der Waals surface area contributed by atoms with Crippen LogP contribution in [0.15, 0.2) is 18.2 Å². The second-order valence-corrected chi connectivity index (χ2v) is 5.67. The van der Waals surface area contributed by atoms with Crippen molar-refractivity contribution in [3.05, 3.63) is 33.8 Å². The molecule has 5 heteroatoms.